The molecule has 0 aliphatic heterocycles. The molecule has 3 aromatic rings. The van der Waals surface area contributed by atoms with E-state index in [1.54, 1.807) is 49.6 Å². The summed E-state index contributed by atoms with van der Waals surface area (Å²) >= 11 is 0. The Bertz CT molecular complexity index is 986. The average Bonchev–Trinajstić information content (AvgIpc) is 2.70. The van der Waals surface area contributed by atoms with Crippen molar-refractivity contribution in [2.24, 2.45) is 0 Å². The molecule has 0 aliphatic rings. The van der Waals surface area contributed by atoms with Gasteiger partial charge in [0.1, 0.15) is 11.5 Å². The van der Waals surface area contributed by atoms with Crippen LogP contribution in [0.5, 0.6) is 11.5 Å². The van der Waals surface area contributed by atoms with Crippen LogP contribution in [0, 0.1) is 20.8 Å². The molecule has 3 rings (SSSR count). The van der Waals surface area contributed by atoms with Crippen LogP contribution >= 0.6 is 0 Å². The highest BCUT2D eigenvalue weighted by atomic mass is 16.5. The predicted octanol–water partition coefficient (Wildman–Crippen LogP) is 3.84. The summed E-state index contributed by atoms with van der Waals surface area (Å²) in [6, 6.07) is 8.29. The summed E-state index contributed by atoms with van der Waals surface area (Å²) in [7, 11) is 0. The number of aryl methyl sites for hydroxylation is 1. The maximum absolute atomic E-state index is 12.3. The lowest BCUT2D eigenvalue weighted by molar-refractivity contribution is 0.0716. The number of pyridine rings is 2. The Morgan fingerprint density at radius 2 is 1.37 bits per heavy atom. The highest BCUT2D eigenvalue weighted by molar-refractivity contribution is 5.92. The molecule has 27 heavy (non-hydrogen) atoms. The van der Waals surface area contributed by atoms with Crippen molar-refractivity contribution < 1.29 is 19.1 Å². The number of hydrogen-bond donors (Lipinski definition) is 0. The van der Waals surface area contributed by atoms with Gasteiger partial charge in [0.05, 0.1) is 11.1 Å². The van der Waals surface area contributed by atoms with E-state index in [0.717, 1.165) is 5.56 Å². The molecule has 2 aromatic heterocycles. The molecule has 0 atom stereocenters. The smallest absolute Gasteiger partial charge is 0.345 e. The molecule has 6 heteroatoms. The third-order valence-corrected chi connectivity index (χ3v) is 4.17. The molecule has 0 unspecified atom stereocenters. The van der Waals surface area contributed by atoms with E-state index in [1.807, 2.05) is 13.8 Å². The largest absolute Gasteiger partial charge is 0.423 e. The van der Waals surface area contributed by atoms with Crippen LogP contribution in [0.2, 0.25) is 0 Å². The summed E-state index contributed by atoms with van der Waals surface area (Å²) in [6.45, 7) is 5.41. The number of rotatable bonds is 4. The lowest BCUT2D eigenvalue weighted by Crippen LogP contribution is -2.13. The van der Waals surface area contributed by atoms with E-state index >= 15 is 0 Å². The minimum absolute atomic E-state index is 0.360. The Hall–Kier alpha value is -3.54. The topological polar surface area (TPSA) is 78.4 Å². The molecular weight excluding hydrogens is 344 g/mol. The lowest BCUT2D eigenvalue weighted by atomic mass is 10.0. The fraction of sp³-hybridized carbons (Fsp3) is 0.143. The quantitative estimate of drug-likeness (QED) is 0.518. The first kappa shape index (κ1) is 18.3. The minimum Gasteiger partial charge on any atom is -0.423 e. The Labute approximate surface area is 156 Å². The maximum atomic E-state index is 12.3. The average molecular weight is 362 g/mol. The molecule has 0 fully saturated rings. The number of aromatic nitrogens is 2. The van der Waals surface area contributed by atoms with Gasteiger partial charge >= 0.3 is 11.9 Å². The van der Waals surface area contributed by atoms with Crippen molar-refractivity contribution in [3.05, 3.63) is 82.9 Å². The van der Waals surface area contributed by atoms with E-state index in [0.29, 0.717) is 33.8 Å². The first-order chi connectivity index (χ1) is 13.0. The Balaban J connectivity index is 1.86. The van der Waals surface area contributed by atoms with Crippen molar-refractivity contribution in [1.82, 2.24) is 9.97 Å². The van der Waals surface area contributed by atoms with Crippen LogP contribution in [0.1, 0.15) is 37.4 Å². The van der Waals surface area contributed by atoms with Crippen LogP contribution in [-0.2, 0) is 0 Å². The third-order valence-electron chi connectivity index (χ3n) is 4.17. The summed E-state index contributed by atoms with van der Waals surface area (Å²) in [5.41, 5.74) is 2.85. The molecule has 0 amide bonds. The van der Waals surface area contributed by atoms with Gasteiger partial charge in [0.15, 0.2) is 0 Å². The second-order valence-corrected chi connectivity index (χ2v) is 6.03. The van der Waals surface area contributed by atoms with E-state index in [9.17, 15) is 9.59 Å². The van der Waals surface area contributed by atoms with Gasteiger partial charge in [-0.25, -0.2) is 9.59 Å². The highest BCUT2D eigenvalue weighted by Crippen LogP contribution is 2.34. The van der Waals surface area contributed by atoms with Gasteiger partial charge in [-0.05, 0) is 67.8 Å². The van der Waals surface area contributed by atoms with Crippen LogP contribution in [0.4, 0.5) is 0 Å². The van der Waals surface area contributed by atoms with E-state index in [-0.39, 0.29) is 0 Å². The predicted molar refractivity (Wildman–Crippen MR) is 99.0 cm³/mol. The van der Waals surface area contributed by atoms with Gasteiger partial charge in [-0.1, -0.05) is 0 Å². The molecule has 136 valence electrons. The van der Waals surface area contributed by atoms with E-state index in [4.69, 9.17) is 9.47 Å². The molecule has 2 heterocycles. The van der Waals surface area contributed by atoms with Gasteiger partial charge < -0.3 is 9.47 Å². The van der Waals surface area contributed by atoms with Crippen molar-refractivity contribution >= 4 is 11.9 Å². The molecule has 0 saturated carbocycles. The van der Waals surface area contributed by atoms with Gasteiger partial charge in [-0.15, -0.1) is 0 Å². The third kappa shape index (κ3) is 4.00. The Morgan fingerprint density at radius 3 is 1.89 bits per heavy atom. The zero-order chi connectivity index (χ0) is 19.4. The Kier molecular flexibility index (Phi) is 5.26. The van der Waals surface area contributed by atoms with Gasteiger partial charge in [0, 0.05) is 24.8 Å². The van der Waals surface area contributed by atoms with Gasteiger partial charge in [0.2, 0.25) is 0 Å². The second kappa shape index (κ2) is 7.78. The number of ether oxygens (including phenoxy) is 2. The fourth-order valence-electron chi connectivity index (χ4n) is 2.56. The van der Waals surface area contributed by atoms with Crippen molar-refractivity contribution in [3.8, 4) is 11.5 Å². The minimum atomic E-state index is -0.495. The SMILES string of the molecule is Cc1cc(OC(=O)c2cccnc2)c(C)c(C)c1OC(=O)c1cccnc1. The number of esters is 2. The van der Waals surface area contributed by atoms with Crippen molar-refractivity contribution in [1.29, 1.82) is 0 Å². The first-order valence-corrected chi connectivity index (χ1v) is 8.32. The number of nitrogens with zero attached hydrogens (tertiary/aromatic N) is 2. The number of hydrogen-bond acceptors (Lipinski definition) is 6. The molecule has 0 aliphatic carbocycles. The van der Waals surface area contributed by atoms with Crippen LogP contribution in [-0.4, -0.2) is 21.9 Å². The lowest BCUT2D eigenvalue weighted by Gasteiger charge is -2.16. The zero-order valence-electron chi connectivity index (χ0n) is 15.2. The maximum Gasteiger partial charge on any atom is 0.345 e. The monoisotopic (exact) mass is 362 g/mol. The van der Waals surface area contributed by atoms with Crippen LogP contribution in [0.25, 0.3) is 0 Å². The second-order valence-electron chi connectivity index (χ2n) is 6.03. The van der Waals surface area contributed by atoms with Crippen LogP contribution in [0.3, 0.4) is 0 Å². The van der Waals surface area contributed by atoms with Crippen molar-refractivity contribution in [2.75, 3.05) is 0 Å². The van der Waals surface area contributed by atoms with Gasteiger partial charge in [-0.2, -0.15) is 0 Å². The summed E-state index contributed by atoms with van der Waals surface area (Å²) in [6.07, 6.45) is 6.07. The molecule has 0 N–H and O–H groups in total. The molecule has 0 bridgehead atoms. The molecule has 0 saturated heterocycles. The van der Waals surface area contributed by atoms with Gasteiger partial charge in [0.25, 0.3) is 0 Å². The summed E-state index contributed by atoms with van der Waals surface area (Å²) in [5, 5.41) is 0. The summed E-state index contributed by atoms with van der Waals surface area (Å²) < 4.78 is 11.1. The normalized spacial score (nSPS) is 10.3. The number of benzene rings is 1. The Morgan fingerprint density at radius 1 is 0.815 bits per heavy atom. The summed E-state index contributed by atoms with van der Waals surface area (Å²) in [5.74, 6) is -0.124. The highest BCUT2D eigenvalue weighted by Gasteiger charge is 2.19. The van der Waals surface area contributed by atoms with Gasteiger partial charge in [-0.3, -0.25) is 9.97 Å². The number of carbonyl (C=O) groups excluding carboxylic acids is 2. The molecular formula is C21H18N2O4. The summed E-state index contributed by atoms with van der Waals surface area (Å²) in [4.78, 5) is 32.4. The number of carbonyl (C=O) groups is 2. The van der Waals surface area contributed by atoms with Crippen molar-refractivity contribution in [2.45, 2.75) is 20.8 Å². The van der Waals surface area contributed by atoms with Crippen LogP contribution < -0.4 is 9.47 Å². The standard InChI is InChI=1S/C21H18N2O4/c1-13-10-18(26-20(24)16-6-4-8-22-11-16)14(2)15(3)19(13)27-21(25)17-7-5-9-23-12-17/h4-12H,1-3H3. The molecule has 0 spiro atoms. The zero-order valence-corrected chi connectivity index (χ0v) is 15.2. The van der Waals surface area contributed by atoms with Crippen molar-refractivity contribution in [3.63, 3.8) is 0 Å². The van der Waals surface area contributed by atoms with E-state index in [1.165, 1.54) is 12.4 Å². The molecule has 6 nitrogen and oxygen atoms in total. The fourth-order valence-corrected chi connectivity index (χ4v) is 2.56. The van der Waals surface area contributed by atoms with Crippen LogP contribution in [0.15, 0.2) is 55.1 Å². The van der Waals surface area contributed by atoms with E-state index in [2.05, 4.69) is 9.97 Å². The molecule has 0 radical (unpaired) electrons. The molecule has 1 aromatic carbocycles. The first-order valence-electron chi connectivity index (χ1n) is 8.32. The van der Waals surface area contributed by atoms with E-state index < -0.39 is 11.9 Å².